The second-order valence-corrected chi connectivity index (χ2v) is 8.67. The SMILES string of the molecule is CC(=NNc1ccc(S(=O)(=O)Nc2cccc(Cl)c2)cc1[N+](=O)[O-])c1ccc(C#N)cc1. The van der Waals surface area contributed by atoms with Crippen LogP contribution in [0, 0.1) is 21.4 Å². The first-order chi connectivity index (χ1) is 15.2. The second kappa shape index (κ2) is 9.47. The van der Waals surface area contributed by atoms with Gasteiger partial charge in [0.15, 0.2) is 0 Å². The minimum Gasteiger partial charge on any atom is -0.280 e. The molecule has 0 saturated heterocycles. The van der Waals surface area contributed by atoms with Crippen LogP contribution in [0.15, 0.2) is 76.7 Å². The van der Waals surface area contributed by atoms with Gasteiger partial charge in [-0.05, 0) is 55.0 Å². The van der Waals surface area contributed by atoms with Gasteiger partial charge in [-0.25, -0.2) is 8.42 Å². The van der Waals surface area contributed by atoms with Crippen molar-refractivity contribution in [3.8, 4) is 6.07 Å². The first-order valence-electron chi connectivity index (χ1n) is 9.07. The van der Waals surface area contributed by atoms with Crippen molar-refractivity contribution in [1.82, 2.24) is 0 Å². The maximum absolute atomic E-state index is 12.7. The van der Waals surface area contributed by atoms with Gasteiger partial charge in [0.25, 0.3) is 15.7 Å². The van der Waals surface area contributed by atoms with Crippen LogP contribution < -0.4 is 10.1 Å². The Kier molecular flexibility index (Phi) is 6.73. The van der Waals surface area contributed by atoms with Crippen molar-refractivity contribution in [2.75, 3.05) is 10.1 Å². The zero-order valence-corrected chi connectivity index (χ0v) is 18.2. The van der Waals surface area contributed by atoms with E-state index < -0.39 is 20.6 Å². The van der Waals surface area contributed by atoms with Crippen LogP contribution in [0.2, 0.25) is 5.02 Å². The number of nitrogens with one attached hydrogen (secondary N) is 2. The number of nitro groups is 1. The molecule has 0 unspecified atom stereocenters. The van der Waals surface area contributed by atoms with E-state index in [1.807, 2.05) is 6.07 Å². The van der Waals surface area contributed by atoms with Gasteiger partial charge in [0, 0.05) is 11.1 Å². The average molecular weight is 470 g/mol. The number of rotatable bonds is 7. The summed E-state index contributed by atoms with van der Waals surface area (Å²) in [4.78, 5) is 10.6. The highest BCUT2D eigenvalue weighted by Gasteiger charge is 2.22. The number of sulfonamides is 1. The number of halogens is 1. The van der Waals surface area contributed by atoms with Crippen molar-refractivity contribution in [3.63, 3.8) is 0 Å². The predicted octanol–water partition coefficient (Wildman–Crippen LogP) is 4.76. The molecule has 2 N–H and O–H groups in total. The molecular formula is C21H16ClN5O4S. The molecule has 11 heteroatoms. The number of benzene rings is 3. The highest BCUT2D eigenvalue weighted by molar-refractivity contribution is 7.92. The Labute approximate surface area is 189 Å². The summed E-state index contributed by atoms with van der Waals surface area (Å²) in [5.74, 6) is 0. The van der Waals surface area contributed by atoms with Crippen molar-refractivity contribution in [2.24, 2.45) is 5.10 Å². The highest BCUT2D eigenvalue weighted by atomic mass is 35.5. The van der Waals surface area contributed by atoms with Crippen LogP contribution in [0.1, 0.15) is 18.1 Å². The molecule has 162 valence electrons. The maximum atomic E-state index is 12.7. The van der Waals surface area contributed by atoms with E-state index >= 15 is 0 Å². The van der Waals surface area contributed by atoms with Crippen molar-refractivity contribution in [1.29, 1.82) is 5.26 Å². The molecule has 32 heavy (non-hydrogen) atoms. The minimum atomic E-state index is -4.09. The molecule has 0 amide bonds. The molecule has 0 aliphatic carbocycles. The fourth-order valence-electron chi connectivity index (χ4n) is 2.68. The Balaban J connectivity index is 1.87. The average Bonchev–Trinajstić information content (AvgIpc) is 2.77. The van der Waals surface area contributed by atoms with Gasteiger partial charge >= 0.3 is 0 Å². The number of anilines is 2. The Bertz CT molecular complexity index is 1350. The summed E-state index contributed by atoms with van der Waals surface area (Å²) in [6.07, 6.45) is 0. The van der Waals surface area contributed by atoms with Gasteiger partial charge in [0.1, 0.15) is 5.69 Å². The number of hydrogen-bond donors (Lipinski definition) is 2. The molecule has 9 nitrogen and oxygen atoms in total. The third-order valence-corrected chi connectivity index (χ3v) is 5.94. The Hall–Kier alpha value is -3.94. The smallest absolute Gasteiger partial charge is 0.280 e. The van der Waals surface area contributed by atoms with E-state index in [2.05, 4.69) is 15.2 Å². The van der Waals surface area contributed by atoms with E-state index in [4.69, 9.17) is 16.9 Å². The van der Waals surface area contributed by atoms with Crippen molar-refractivity contribution in [2.45, 2.75) is 11.8 Å². The minimum absolute atomic E-state index is 0.0182. The van der Waals surface area contributed by atoms with Crippen LogP contribution in [0.4, 0.5) is 17.1 Å². The summed E-state index contributed by atoms with van der Waals surface area (Å²) in [6.45, 7) is 1.69. The molecule has 3 aromatic rings. The molecular weight excluding hydrogens is 454 g/mol. The molecule has 0 aliphatic heterocycles. The molecule has 0 heterocycles. The molecule has 0 saturated carbocycles. The summed E-state index contributed by atoms with van der Waals surface area (Å²) in [6, 6.07) is 18.2. The standard InChI is InChI=1S/C21H16ClN5O4S/c1-14(16-7-5-15(13-23)6-8-16)24-25-20-10-9-19(12-21(20)27(28)29)32(30,31)26-18-4-2-3-17(22)11-18/h2-12,25-26H,1H3. The van der Waals surface area contributed by atoms with Crippen LogP contribution >= 0.6 is 11.6 Å². The molecule has 3 rings (SSSR count). The maximum Gasteiger partial charge on any atom is 0.295 e. The van der Waals surface area contributed by atoms with E-state index in [0.717, 1.165) is 6.07 Å². The van der Waals surface area contributed by atoms with Crippen LogP contribution in [-0.2, 0) is 10.0 Å². The first kappa shape index (κ1) is 22.7. The van der Waals surface area contributed by atoms with Gasteiger partial charge in [-0.15, -0.1) is 0 Å². The quantitative estimate of drug-likeness (QED) is 0.290. The summed E-state index contributed by atoms with van der Waals surface area (Å²) in [7, 11) is -4.09. The molecule has 0 aliphatic rings. The molecule has 0 spiro atoms. The number of hydrogen-bond acceptors (Lipinski definition) is 7. The molecule has 0 bridgehead atoms. The molecule has 0 aromatic heterocycles. The zero-order valence-electron chi connectivity index (χ0n) is 16.6. The van der Waals surface area contributed by atoms with Gasteiger partial charge in [0.05, 0.1) is 32.9 Å². The van der Waals surface area contributed by atoms with Crippen molar-refractivity contribution >= 4 is 44.4 Å². The molecule has 0 atom stereocenters. The van der Waals surface area contributed by atoms with Crippen molar-refractivity contribution < 1.29 is 13.3 Å². The Morgan fingerprint density at radius 3 is 2.47 bits per heavy atom. The van der Waals surface area contributed by atoms with Gasteiger partial charge in [0.2, 0.25) is 0 Å². The third-order valence-electron chi connectivity index (χ3n) is 4.33. The van der Waals surface area contributed by atoms with Crippen LogP contribution in [-0.4, -0.2) is 19.1 Å². The molecule has 3 aromatic carbocycles. The number of nitro benzene ring substituents is 1. The molecule has 0 radical (unpaired) electrons. The largest absolute Gasteiger partial charge is 0.295 e. The van der Waals surface area contributed by atoms with Crippen LogP contribution in [0.25, 0.3) is 0 Å². The fourth-order valence-corrected chi connectivity index (χ4v) is 3.94. The van der Waals surface area contributed by atoms with E-state index in [0.29, 0.717) is 21.9 Å². The topological polar surface area (TPSA) is 137 Å². The summed E-state index contributed by atoms with van der Waals surface area (Å²) >= 11 is 5.87. The normalized spacial score (nSPS) is 11.5. The Morgan fingerprint density at radius 1 is 1.12 bits per heavy atom. The van der Waals surface area contributed by atoms with E-state index in [9.17, 15) is 18.5 Å². The van der Waals surface area contributed by atoms with E-state index in [1.165, 1.54) is 24.3 Å². The lowest BCUT2D eigenvalue weighted by molar-refractivity contribution is -0.384. The monoisotopic (exact) mass is 469 g/mol. The summed E-state index contributed by atoms with van der Waals surface area (Å²) in [5.41, 5.74) is 4.11. The molecule has 0 fully saturated rings. The lowest BCUT2D eigenvalue weighted by Crippen LogP contribution is -2.13. The number of hydrazone groups is 1. The number of nitrogens with zero attached hydrogens (tertiary/aromatic N) is 3. The highest BCUT2D eigenvalue weighted by Crippen LogP contribution is 2.29. The van der Waals surface area contributed by atoms with E-state index in [-0.39, 0.29) is 16.3 Å². The van der Waals surface area contributed by atoms with E-state index in [1.54, 1.807) is 43.3 Å². The Morgan fingerprint density at radius 2 is 1.84 bits per heavy atom. The second-order valence-electron chi connectivity index (χ2n) is 6.55. The van der Waals surface area contributed by atoms with Crippen LogP contribution in [0.3, 0.4) is 0 Å². The third kappa shape index (κ3) is 5.40. The predicted molar refractivity (Wildman–Crippen MR) is 122 cm³/mol. The lowest BCUT2D eigenvalue weighted by atomic mass is 10.1. The van der Waals surface area contributed by atoms with Gasteiger partial charge in [-0.3, -0.25) is 20.3 Å². The number of nitriles is 1. The summed E-state index contributed by atoms with van der Waals surface area (Å²) in [5, 5.41) is 24.9. The summed E-state index contributed by atoms with van der Waals surface area (Å²) < 4.78 is 27.6. The lowest BCUT2D eigenvalue weighted by Gasteiger charge is -2.10. The van der Waals surface area contributed by atoms with Crippen molar-refractivity contribution in [3.05, 3.63) is 93.0 Å². The fraction of sp³-hybridized carbons (Fsp3) is 0.0476. The zero-order chi connectivity index (χ0) is 23.3. The van der Waals surface area contributed by atoms with Gasteiger partial charge in [-0.1, -0.05) is 29.8 Å². The van der Waals surface area contributed by atoms with Crippen LogP contribution in [0.5, 0.6) is 0 Å². The van der Waals surface area contributed by atoms with Gasteiger partial charge in [-0.2, -0.15) is 10.4 Å². The first-order valence-corrected chi connectivity index (χ1v) is 10.9. The van der Waals surface area contributed by atoms with Gasteiger partial charge < -0.3 is 0 Å².